The maximum absolute atomic E-state index is 13.5. The van der Waals surface area contributed by atoms with Crippen molar-refractivity contribution in [1.82, 2.24) is 9.55 Å². The van der Waals surface area contributed by atoms with E-state index in [2.05, 4.69) is 4.98 Å². The number of aliphatic hydroxyl groups excluding tert-OH is 1. The molecule has 0 radical (unpaired) electrons. The third-order valence-electron chi connectivity index (χ3n) is 3.18. The molecule has 21 heavy (non-hydrogen) atoms. The van der Waals surface area contributed by atoms with E-state index in [1.165, 1.54) is 23.6 Å². The zero-order chi connectivity index (χ0) is 15.1. The van der Waals surface area contributed by atoms with Gasteiger partial charge in [0.2, 0.25) is 0 Å². The summed E-state index contributed by atoms with van der Waals surface area (Å²) in [7, 11) is 0. The lowest BCUT2D eigenvalue weighted by atomic mass is 10.2. The minimum atomic E-state index is -0.898. The van der Waals surface area contributed by atoms with Gasteiger partial charge < -0.3 is 10.8 Å². The second-order valence-electron chi connectivity index (χ2n) is 4.86. The average molecular weight is 289 g/mol. The Morgan fingerprint density at radius 3 is 2.43 bits per heavy atom. The molecule has 4 nitrogen and oxygen atoms in total. The molecule has 3 rings (SSSR count). The molecule has 0 aliphatic heterocycles. The molecule has 0 saturated heterocycles. The van der Waals surface area contributed by atoms with Crippen LogP contribution in [0.2, 0.25) is 0 Å². The first kappa shape index (κ1) is 13.5. The number of nitrogen functional groups attached to an aromatic ring is 1. The van der Waals surface area contributed by atoms with Crippen molar-refractivity contribution in [3.05, 3.63) is 53.9 Å². The van der Waals surface area contributed by atoms with Crippen molar-refractivity contribution < 1.29 is 13.9 Å². The van der Waals surface area contributed by atoms with E-state index in [-0.39, 0.29) is 5.69 Å². The molecule has 2 aromatic carbocycles. The van der Waals surface area contributed by atoms with E-state index < -0.39 is 17.7 Å². The van der Waals surface area contributed by atoms with E-state index in [1.54, 1.807) is 18.2 Å². The maximum Gasteiger partial charge on any atom is 0.143 e. The standard InChI is InChI=1S/C15H13F2N3O/c1-8(21)15-19-13-7-11(18)2-3-14(13)20(15)12-5-9(16)4-10(17)6-12/h2-8,21H,18H2,1H3. The van der Waals surface area contributed by atoms with Crippen LogP contribution in [0.25, 0.3) is 16.7 Å². The number of benzene rings is 2. The van der Waals surface area contributed by atoms with Gasteiger partial charge >= 0.3 is 0 Å². The Balaban J connectivity index is 2.36. The lowest BCUT2D eigenvalue weighted by Crippen LogP contribution is -2.05. The van der Waals surface area contributed by atoms with Crippen molar-refractivity contribution >= 4 is 16.7 Å². The highest BCUT2D eigenvalue weighted by Crippen LogP contribution is 2.27. The number of halogens is 2. The highest BCUT2D eigenvalue weighted by molar-refractivity contribution is 5.81. The number of imidazole rings is 1. The SMILES string of the molecule is CC(O)c1nc2cc(N)ccc2n1-c1cc(F)cc(F)c1. The molecule has 1 atom stereocenters. The molecule has 0 aliphatic rings. The maximum atomic E-state index is 13.5. The first-order valence-corrected chi connectivity index (χ1v) is 6.38. The fourth-order valence-electron chi connectivity index (χ4n) is 2.34. The Bertz CT molecular complexity index is 807. The number of anilines is 1. The molecule has 0 aliphatic carbocycles. The largest absolute Gasteiger partial charge is 0.399 e. The third-order valence-corrected chi connectivity index (χ3v) is 3.18. The van der Waals surface area contributed by atoms with Crippen molar-refractivity contribution in [2.75, 3.05) is 5.73 Å². The topological polar surface area (TPSA) is 64.1 Å². The quantitative estimate of drug-likeness (QED) is 0.713. The zero-order valence-electron chi connectivity index (χ0n) is 11.2. The minimum absolute atomic E-state index is 0.260. The summed E-state index contributed by atoms with van der Waals surface area (Å²) >= 11 is 0. The predicted molar refractivity (Wildman–Crippen MR) is 76.0 cm³/mol. The first-order chi connectivity index (χ1) is 9.95. The molecular formula is C15H13F2N3O. The number of nitrogens with two attached hydrogens (primary N) is 1. The van der Waals surface area contributed by atoms with E-state index in [0.717, 1.165) is 6.07 Å². The van der Waals surface area contributed by atoms with Crippen molar-refractivity contribution in [3.63, 3.8) is 0 Å². The summed E-state index contributed by atoms with van der Waals surface area (Å²) in [6.45, 7) is 1.54. The Morgan fingerprint density at radius 2 is 1.81 bits per heavy atom. The number of fused-ring (bicyclic) bond motifs is 1. The number of rotatable bonds is 2. The molecule has 0 fully saturated rings. The number of hydrogen-bond acceptors (Lipinski definition) is 3. The van der Waals surface area contributed by atoms with Gasteiger partial charge in [0.25, 0.3) is 0 Å². The molecule has 0 amide bonds. The van der Waals surface area contributed by atoms with E-state index >= 15 is 0 Å². The van der Waals surface area contributed by atoms with Gasteiger partial charge in [-0.1, -0.05) is 0 Å². The van der Waals surface area contributed by atoms with E-state index in [0.29, 0.717) is 22.5 Å². The minimum Gasteiger partial charge on any atom is -0.399 e. The predicted octanol–water partition coefficient (Wildman–Crippen LogP) is 2.94. The van der Waals surface area contributed by atoms with Gasteiger partial charge in [-0.15, -0.1) is 0 Å². The summed E-state index contributed by atoms with van der Waals surface area (Å²) in [5.74, 6) is -1.10. The zero-order valence-corrected chi connectivity index (χ0v) is 11.2. The molecule has 1 heterocycles. The Kier molecular flexibility index (Phi) is 3.10. The van der Waals surface area contributed by atoms with Gasteiger partial charge in [-0.25, -0.2) is 13.8 Å². The molecular weight excluding hydrogens is 276 g/mol. The van der Waals surface area contributed by atoms with Gasteiger partial charge in [-0.2, -0.15) is 0 Å². The van der Waals surface area contributed by atoms with Gasteiger partial charge in [0.1, 0.15) is 23.6 Å². The summed E-state index contributed by atoms with van der Waals surface area (Å²) in [5.41, 5.74) is 7.66. The van der Waals surface area contributed by atoms with Gasteiger partial charge in [-0.05, 0) is 37.3 Å². The van der Waals surface area contributed by atoms with Crippen LogP contribution in [0, 0.1) is 11.6 Å². The highest BCUT2D eigenvalue weighted by Gasteiger charge is 2.17. The van der Waals surface area contributed by atoms with Gasteiger partial charge in [0.05, 0.1) is 16.7 Å². The molecule has 0 saturated carbocycles. The molecule has 108 valence electrons. The number of aromatic nitrogens is 2. The van der Waals surface area contributed by atoms with Gasteiger partial charge in [0.15, 0.2) is 0 Å². The molecule has 0 bridgehead atoms. The monoisotopic (exact) mass is 289 g/mol. The Hall–Kier alpha value is -2.47. The highest BCUT2D eigenvalue weighted by atomic mass is 19.1. The van der Waals surface area contributed by atoms with Crippen molar-refractivity contribution in [2.24, 2.45) is 0 Å². The van der Waals surface area contributed by atoms with Crippen LogP contribution in [-0.2, 0) is 0 Å². The van der Waals surface area contributed by atoms with Crippen LogP contribution in [0.15, 0.2) is 36.4 Å². The van der Waals surface area contributed by atoms with Gasteiger partial charge in [-0.3, -0.25) is 4.57 Å². The van der Waals surface area contributed by atoms with E-state index in [4.69, 9.17) is 5.73 Å². The second kappa shape index (κ2) is 4.82. The molecule has 3 N–H and O–H groups in total. The first-order valence-electron chi connectivity index (χ1n) is 6.38. The molecule has 6 heteroatoms. The number of nitrogens with zero attached hydrogens (tertiary/aromatic N) is 2. The van der Waals surface area contributed by atoms with Crippen LogP contribution in [0.5, 0.6) is 0 Å². The Morgan fingerprint density at radius 1 is 1.14 bits per heavy atom. The second-order valence-corrected chi connectivity index (χ2v) is 4.86. The fourth-order valence-corrected chi connectivity index (χ4v) is 2.34. The van der Waals surface area contributed by atoms with Crippen LogP contribution in [0.1, 0.15) is 18.9 Å². The fraction of sp³-hybridized carbons (Fsp3) is 0.133. The van der Waals surface area contributed by atoms with E-state index in [9.17, 15) is 13.9 Å². The number of hydrogen-bond donors (Lipinski definition) is 2. The van der Waals surface area contributed by atoms with Crippen molar-refractivity contribution in [2.45, 2.75) is 13.0 Å². The summed E-state index contributed by atoms with van der Waals surface area (Å²) in [5, 5.41) is 9.87. The van der Waals surface area contributed by atoms with Crippen LogP contribution < -0.4 is 5.73 Å². The lowest BCUT2D eigenvalue weighted by molar-refractivity contribution is 0.187. The molecule has 0 spiro atoms. The van der Waals surface area contributed by atoms with Crippen LogP contribution >= 0.6 is 0 Å². The van der Waals surface area contributed by atoms with E-state index in [1.807, 2.05) is 0 Å². The third kappa shape index (κ3) is 2.34. The normalized spacial score (nSPS) is 12.8. The van der Waals surface area contributed by atoms with Crippen LogP contribution in [-0.4, -0.2) is 14.7 Å². The van der Waals surface area contributed by atoms with Crippen LogP contribution in [0.3, 0.4) is 0 Å². The van der Waals surface area contributed by atoms with Crippen molar-refractivity contribution in [1.29, 1.82) is 0 Å². The number of aliphatic hydroxyl groups is 1. The lowest BCUT2D eigenvalue weighted by Gasteiger charge is -2.11. The summed E-state index contributed by atoms with van der Waals surface area (Å²) in [6, 6.07) is 8.18. The molecule has 3 aromatic rings. The average Bonchev–Trinajstić information content (AvgIpc) is 2.76. The summed E-state index contributed by atoms with van der Waals surface area (Å²) in [6.07, 6.45) is -0.898. The smallest absolute Gasteiger partial charge is 0.143 e. The van der Waals surface area contributed by atoms with Crippen molar-refractivity contribution in [3.8, 4) is 5.69 Å². The Labute approximate surface area is 119 Å². The summed E-state index contributed by atoms with van der Waals surface area (Å²) < 4.78 is 28.4. The molecule has 1 unspecified atom stereocenters. The summed E-state index contributed by atoms with van der Waals surface area (Å²) in [4.78, 5) is 4.30. The van der Waals surface area contributed by atoms with Crippen LogP contribution in [0.4, 0.5) is 14.5 Å². The molecule has 1 aromatic heterocycles. The van der Waals surface area contributed by atoms with Gasteiger partial charge in [0, 0.05) is 11.8 Å².